The molecule has 0 radical (unpaired) electrons. The summed E-state index contributed by atoms with van der Waals surface area (Å²) >= 11 is 0. The highest BCUT2D eigenvalue weighted by atomic mass is 19.3. The number of aliphatic hydroxyl groups is 1. The lowest BCUT2D eigenvalue weighted by atomic mass is 9.92. The number of benzene rings is 2. The number of aromatic nitrogens is 1. The molecule has 9 heteroatoms. The van der Waals surface area contributed by atoms with Gasteiger partial charge in [0, 0.05) is 35.7 Å². The molecule has 1 aliphatic carbocycles. The zero-order valence-electron chi connectivity index (χ0n) is 20.3. The summed E-state index contributed by atoms with van der Waals surface area (Å²) in [6, 6.07) is 14.1. The Balaban J connectivity index is 0.00000320. The van der Waals surface area contributed by atoms with Crippen LogP contribution in [0, 0.1) is 11.3 Å². The molecule has 1 saturated carbocycles. The molecule has 5 rings (SSSR count). The van der Waals surface area contributed by atoms with Gasteiger partial charge in [0.25, 0.3) is 0 Å². The van der Waals surface area contributed by atoms with Crippen LogP contribution in [-0.2, 0) is 22.2 Å². The maximum Gasteiger partial charge on any atom is 0.586 e. The molecule has 0 saturated heterocycles. The number of alkyl halides is 2. The quantitative estimate of drug-likeness (QED) is 0.472. The Bertz CT molecular complexity index is 1400. The van der Waals surface area contributed by atoms with Gasteiger partial charge in [-0.3, -0.25) is 4.79 Å². The molecular weight excluding hydrogens is 468 g/mol. The summed E-state index contributed by atoms with van der Waals surface area (Å²) < 4.78 is 37.9. The molecule has 1 unspecified atom stereocenters. The average Bonchev–Trinajstić information content (AvgIpc) is 3.43. The van der Waals surface area contributed by atoms with Gasteiger partial charge in [0.1, 0.15) is 0 Å². The van der Waals surface area contributed by atoms with Crippen molar-refractivity contribution in [2.75, 3.05) is 5.32 Å². The second kappa shape index (κ2) is 8.20. The van der Waals surface area contributed by atoms with Crippen molar-refractivity contribution in [3.63, 3.8) is 0 Å². The second-order valence-corrected chi connectivity index (χ2v) is 10.5. The number of carbonyl (C=O) groups excluding carboxylic acids is 1. The highest BCUT2D eigenvalue weighted by Gasteiger charge is 2.52. The Labute approximate surface area is 208 Å². The normalized spacial score (nSPS) is 18.0. The zero-order chi connectivity index (χ0) is 25.9. The van der Waals surface area contributed by atoms with Crippen LogP contribution >= 0.6 is 0 Å². The van der Waals surface area contributed by atoms with Crippen molar-refractivity contribution in [1.29, 1.82) is 5.26 Å². The molecule has 7 nitrogen and oxygen atoms in total. The van der Waals surface area contributed by atoms with Crippen LogP contribution in [0.25, 0.3) is 10.9 Å². The minimum absolute atomic E-state index is 0. The molecule has 36 heavy (non-hydrogen) atoms. The largest absolute Gasteiger partial charge is 0.586 e. The zero-order valence-corrected chi connectivity index (χ0v) is 20.3. The maximum absolute atomic E-state index is 13.4. The van der Waals surface area contributed by atoms with Crippen LogP contribution in [0.2, 0.25) is 0 Å². The molecule has 1 aliphatic heterocycles. The van der Waals surface area contributed by atoms with Gasteiger partial charge in [-0.2, -0.15) is 5.26 Å². The number of carbonyl (C=O) groups is 1. The first kappa shape index (κ1) is 24.1. The number of fused-ring (bicyclic) bond motifs is 2. The molecule has 1 atom stereocenters. The molecule has 1 fully saturated rings. The van der Waals surface area contributed by atoms with E-state index >= 15 is 0 Å². The van der Waals surface area contributed by atoms with E-state index in [-0.39, 0.29) is 30.7 Å². The fraction of sp³-hybridized carbons (Fsp3) is 0.407. The predicted molar refractivity (Wildman–Crippen MR) is 131 cm³/mol. The summed E-state index contributed by atoms with van der Waals surface area (Å²) in [4.78, 5) is 13.3. The number of hydrogen-bond donors (Lipinski definition) is 2. The third-order valence-electron chi connectivity index (χ3n) is 6.79. The number of anilines is 1. The summed E-state index contributed by atoms with van der Waals surface area (Å²) in [7, 11) is 0. The van der Waals surface area contributed by atoms with E-state index in [4.69, 9.17) is 5.26 Å². The summed E-state index contributed by atoms with van der Waals surface area (Å²) in [5.41, 5.74) is 2.11. The lowest BCUT2D eigenvalue weighted by Crippen LogP contribution is -2.28. The minimum Gasteiger partial charge on any atom is -0.395 e. The first-order valence-corrected chi connectivity index (χ1v) is 11.8. The topological polar surface area (TPSA) is 96.5 Å². The van der Waals surface area contributed by atoms with E-state index in [1.54, 1.807) is 12.1 Å². The van der Waals surface area contributed by atoms with Gasteiger partial charge in [-0.15, -0.1) is 8.78 Å². The van der Waals surface area contributed by atoms with Crippen LogP contribution in [0.5, 0.6) is 11.5 Å². The van der Waals surface area contributed by atoms with Crippen molar-refractivity contribution < 1.29 is 29.6 Å². The van der Waals surface area contributed by atoms with E-state index in [0.717, 1.165) is 16.6 Å². The van der Waals surface area contributed by atoms with Gasteiger partial charge < -0.3 is 24.5 Å². The van der Waals surface area contributed by atoms with Gasteiger partial charge in [0.2, 0.25) is 5.91 Å². The van der Waals surface area contributed by atoms with E-state index < -0.39 is 17.8 Å². The third-order valence-corrected chi connectivity index (χ3v) is 6.79. The van der Waals surface area contributed by atoms with Crippen molar-refractivity contribution in [2.24, 2.45) is 0 Å². The summed E-state index contributed by atoms with van der Waals surface area (Å²) in [5.74, 6) is -0.343. The lowest BCUT2D eigenvalue weighted by molar-refractivity contribution is -0.286. The molecule has 2 aliphatic rings. The third kappa shape index (κ3) is 4.26. The highest BCUT2D eigenvalue weighted by molar-refractivity contribution is 6.02. The van der Waals surface area contributed by atoms with Crippen LogP contribution in [0.4, 0.5) is 14.5 Å². The van der Waals surface area contributed by atoms with Gasteiger partial charge in [0.05, 0.1) is 24.0 Å². The van der Waals surface area contributed by atoms with Crippen LogP contribution in [-0.4, -0.2) is 28.0 Å². The number of amides is 1. The monoisotopic (exact) mass is 497 g/mol. The maximum atomic E-state index is 13.4. The number of ether oxygens (including phenoxy) is 2. The van der Waals surface area contributed by atoms with Crippen LogP contribution in [0.1, 0.15) is 52.7 Å². The van der Waals surface area contributed by atoms with Crippen LogP contribution in [0.3, 0.4) is 0 Å². The first-order chi connectivity index (χ1) is 16.9. The first-order valence-electron chi connectivity index (χ1n) is 11.8. The standard InChI is InChI=1S/C27H27F2N3O4.H2/c1-25(2,3)23-13-16-12-18(5-6-20(16)32(23)15-19(33)8-11-30)31-24(34)26(9-10-26)17-4-7-21-22(14-17)36-27(28,29)35-21;/h4-7,12-14,19,33H,8-10,15H2,1-3H3,(H,31,34);1H. The number of nitrogens with zero attached hydrogens (tertiary/aromatic N) is 2. The lowest BCUT2D eigenvalue weighted by Gasteiger charge is -2.23. The highest BCUT2D eigenvalue weighted by Crippen LogP contribution is 2.52. The number of nitriles is 1. The Morgan fingerprint density at radius 3 is 2.58 bits per heavy atom. The molecule has 2 heterocycles. The number of nitrogens with one attached hydrogen (secondary N) is 1. The van der Waals surface area contributed by atoms with Gasteiger partial charge in [-0.05, 0) is 54.8 Å². The van der Waals surface area contributed by atoms with E-state index in [1.165, 1.54) is 12.1 Å². The molecule has 2 aromatic carbocycles. The van der Waals surface area contributed by atoms with E-state index in [1.807, 2.05) is 28.8 Å². The molecule has 2 N–H and O–H groups in total. The van der Waals surface area contributed by atoms with Gasteiger partial charge in [0.15, 0.2) is 11.5 Å². The average molecular weight is 498 g/mol. The van der Waals surface area contributed by atoms with Gasteiger partial charge >= 0.3 is 6.29 Å². The Hall–Kier alpha value is -3.64. The summed E-state index contributed by atoms with van der Waals surface area (Å²) in [6.07, 6.45) is -3.27. The molecule has 0 bridgehead atoms. The van der Waals surface area contributed by atoms with Crippen molar-refractivity contribution in [1.82, 2.24) is 4.57 Å². The Morgan fingerprint density at radius 1 is 1.19 bits per heavy atom. The Kier molecular flexibility index (Phi) is 5.49. The number of aliphatic hydroxyl groups excluding tert-OH is 1. The van der Waals surface area contributed by atoms with Gasteiger partial charge in [-0.1, -0.05) is 26.8 Å². The summed E-state index contributed by atoms with van der Waals surface area (Å²) in [6.45, 7) is 6.53. The fourth-order valence-electron chi connectivity index (χ4n) is 4.82. The molecule has 3 aromatic rings. The fourth-order valence-corrected chi connectivity index (χ4v) is 4.82. The predicted octanol–water partition coefficient (Wildman–Crippen LogP) is 5.45. The van der Waals surface area contributed by atoms with Crippen LogP contribution in [0.15, 0.2) is 42.5 Å². The van der Waals surface area contributed by atoms with Crippen molar-refractivity contribution in [3.05, 3.63) is 53.7 Å². The number of rotatable bonds is 6. The smallest absolute Gasteiger partial charge is 0.395 e. The number of halogens is 2. The SMILES string of the molecule is CC(C)(C)c1cc2cc(NC(=O)C3(c4ccc5c(c4)OC(F)(F)O5)CC3)ccc2n1CC(O)CC#N.[HH]. The van der Waals surface area contributed by atoms with Crippen molar-refractivity contribution in [3.8, 4) is 17.6 Å². The molecular formula is C27H29F2N3O4. The van der Waals surface area contributed by atoms with Crippen LogP contribution < -0.4 is 14.8 Å². The van der Waals surface area contributed by atoms with Gasteiger partial charge in [-0.25, -0.2) is 0 Å². The Morgan fingerprint density at radius 2 is 1.92 bits per heavy atom. The molecule has 1 aromatic heterocycles. The number of hydrogen-bond acceptors (Lipinski definition) is 5. The summed E-state index contributed by atoms with van der Waals surface area (Å²) in [5, 5.41) is 23.1. The van der Waals surface area contributed by atoms with E-state index in [2.05, 4.69) is 35.6 Å². The molecule has 1 amide bonds. The van der Waals surface area contributed by atoms with E-state index in [9.17, 15) is 18.7 Å². The molecule has 0 spiro atoms. The van der Waals surface area contributed by atoms with Crippen molar-refractivity contribution >= 4 is 22.5 Å². The second-order valence-electron chi connectivity index (χ2n) is 10.5. The molecule has 190 valence electrons. The van der Waals surface area contributed by atoms with E-state index in [0.29, 0.717) is 30.6 Å². The van der Waals surface area contributed by atoms with Crippen molar-refractivity contribution in [2.45, 2.75) is 69.8 Å². The minimum atomic E-state index is -3.71.